The van der Waals surface area contributed by atoms with Crippen molar-refractivity contribution in [3.8, 4) is 0 Å². The molecule has 0 aliphatic carbocycles. The highest BCUT2D eigenvalue weighted by atomic mass is 16.5. The van der Waals surface area contributed by atoms with Crippen LogP contribution in [0.5, 0.6) is 0 Å². The van der Waals surface area contributed by atoms with Crippen molar-refractivity contribution < 1.29 is 19.4 Å². The van der Waals surface area contributed by atoms with E-state index in [4.69, 9.17) is 9.84 Å². The third kappa shape index (κ3) is 4.68. The summed E-state index contributed by atoms with van der Waals surface area (Å²) in [7, 11) is 1.59. The summed E-state index contributed by atoms with van der Waals surface area (Å²) in [4.78, 5) is 28.8. The molecule has 0 saturated heterocycles. The van der Waals surface area contributed by atoms with Gasteiger partial charge < -0.3 is 14.7 Å². The average molecular weight is 292 g/mol. The molecular formula is C15H20N2O4. The first-order valence-corrected chi connectivity index (χ1v) is 6.66. The smallest absolute Gasteiger partial charge is 0.328 e. The second kappa shape index (κ2) is 8.16. The van der Waals surface area contributed by atoms with Crippen LogP contribution in [0, 0.1) is 0 Å². The predicted octanol–water partition coefficient (Wildman–Crippen LogP) is 1.68. The van der Waals surface area contributed by atoms with Crippen LogP contribution in [0.4, 0.5) is 0 Å². The first-order valence-electron chi connectivity index (χ1n) is 6.66. The van der Waals surface area contributed by atoms with Gasteiger partial charge in [0.1, 0.15) is 0 Å². The molecule has 0 aliphatic heterocycles. The second-order valence-corrected chi connectivity index (χ2v) is 4.53. The number of aliphatic carboxylic acids is 1. The minimum absolute atomic E-state index is 0.0723. The molecule has 1 heterocycles. The number of nitrogens with zero attached hydrogens (tertiary/aromatic N) is 2. The molecule has 0 aromatic carbocycles. The quantitative estimate of drug-likeness (QED) is 0.773. The molecule has 0 radical (unpaired) electrons. The van der Waals surface area contributed by atoms with E-state index < -0.39 is 5.97 Å². The van der Waals surface area contributed by atoms with E-state index >= 15 is 0 Å². The van der Waals surface area contributed by atoms with Crippen molar-refractivity contribution in [3.63, 3.8) is 0 Å². The molecule has 1 aromatic heterocycles. The zero-order valence-electron chi connectivity index (χ0n) is 12.4. The standard InChI is InChI=1S/C15H20N2O4/c1-4-17(11(2)10-21-3)15(20)13-7-8-16-9-12(13)5-6-14(18)19/h5-9,11H,4,10H2,1-3H3,(H,18,19). The molecule has 1 unspecified atom stereocenters. The first-order chi connectivity index (χ1) is 10.0. The molecule has 1 rings (SSSR count). The lowest BCUT2D eigenvalue weighted by atomic mass is 10.1. The van der Waals surface area contributed by atoms with Crippen molar-refractivity contribution in [2.24, 2.45) is 0 Å². The van der Waals surface area contributed by atoms with Crippen LogP contribution in [-0.4, -0.2) is 53.2 Å². The highest BCUT2D eigenvalue weighted by molar-refractivity contribution is 5.99. The van der Waals surface area contributed by atoms with Crippen molar-refractivity contribution in [1.29, 1.82) is 0 Å². The number of ether oxygens (including phenoxy) is 1. The third-order valence-corrected chi connectivity index (χ3v) is 3.03. The summed E-state index contributed by atoms with van der Waals surface area (Å²) in [5.41, 5.74) is 0.903. The van der Waals surface area contributed by atoms with Gasteiger partial charge in [-0.2, -0.15) is 0 Å². The Labute approximate surface area is 124 Å². The number of rotatable bonds is 7. The fourth-order valence-corrected chi connectivity index (χ4v) is 2.04. The molecule has 0 saturated carbocycles. The van der Waals surface area contributed by atoms with E-state index in [1.807, 2.05) is 13.8 Å². The number of carboxylic acids is 1. The minimum atomic E-state index is -1.07. The van der Waals surface area contributed by atoms with E-state index in [1.54, 1.807) is 18.1 Å². The summed E-state index contributed by atoms with van der Waals surface area (Å²) in [5.74, 6) is -1.24. The molecule has 1 atom stereocenters. The maximum Gasteiger partial charge on any atom is 0.328 e. The Bertz CT molecular complexity index is 528. The number of pyridine rings is 1. The van der Waals surface area contributed by atoms with Crippen molar-refractivity contribution >= 4 is 18.0 Å². The van der Waals surface area contributed by atoms with Gasteiger partial charge in [-0.1, -0.05) is 0 Å². The Kier molecular flexibility index (Phi) is 6.55. The van der Waals surface area contributed by atoms with Crippen LogP contribution < -0.4 is 0 Å². The van der Waals surface area contributed by atoms with Crippen LogP contribution in [0.1, 0.15) is 29.8 Å². The Morgan fingerprint density at radius 2 is 2.24 bits per heavy atom. The lowest BCUT2D eigenvalue weighted by Crippen LogP contribution is -2.41. The van der Waals surface area contributed by atoms with Crippen molar-refractivity contribution in [2.75, 3.05) is 20.3 Å². The molecule has 21 heavy (non-hydrogen) atoms. The second-order valence-electron chi connectivity index (χ2n) is 4.53. The molecule has 114 valence electrons. The number of likely N-dealkylation sites (N-methyl/N-ethyl adjacent to an activating group) is 1. The Balaban J connectivity index is 3.08. The van der Waals surface area contributed by atoms with Gasteiger partial charge in [0.2, 0.25) is 0 Å². The van der Waals surface area contributed by atoms with E-state index in [2.05, 4.69) is 4.98 Å². The molecule has 0 spiro atoms. The number of amides is 1. The monoisotopic (exact) mass is 292 g/mol. The normalized spacial score (nSPS) is 12.3. The first kappa shape index (κ1) is 16.8. The highest BCUT2D eigenvalue weighted by Gasteiger charge is 2.21. The summed E-state index contributed by atoms with van der Waals surface area (Å²) in [6.07, 6.45) is 5.35. The molecule has 6 heteroatoms. The Morgan fingerprint density at radius 1 is 1.52 bits per heavy atom. The largest absolute Gasteiger partial charge is 0.478 e. The maximum atomic E-state index is 12.6. The highest BCUT2D eigenvalue weighted by Crippen LogP contribution is 2.14. The number of methoxy groups -OCH3 is 1. The van der Waals surface area contributed by atoms with Gasteiger partial charge in [0.25, 0.3) is 5.91 Å². The van der Waals surface area contributed by atoms with Gasteiger partial charge >= 0.3 is 5.97 Å². The van der Waals surface area contributed by atoms with Gasteiger partial charge in [-0.15, -0.1) is 0 Å². The number of aromatic nitrogens is 1. The number of carbonyl (C=O) groups is 2. The van der Waals surface area contributed by atoms with Crippen LogP contribution in [0.3, 0.4) is 0 Å². The minimum Gasteiger partial charge on any atom is -0.478 e. The van der Waals surface area contributed by atoms with E-state index in [0.717, 1.165) is 6.08 Å². The van der Waals surface area contributed by atoms with Gasteiger partial charge in [-0.25, -0.2) is 4.79 Å². The van der Waals surface area contributed by atoms with Gasteiger partial charge in [0, 0.05) is 43.3 Å². The molecule has 1 N–H and O–H groups in total. The molecule has 1 amide bonds. The summed E-state index contributed by atoms with van der Waals surface area (Å²) in [6.45, 7) is 4.76. The van der Waals surface area contributed by atoms with E-state index in [9.17, 15) is 9.59 Å². The number of carboxylic acid groups (broad SMARTS) is 1. The van der Waals surface area contributed by atoms with E-state index in [-0.39, 0.29) is 11.9 Å². The Hall–Kier alpha value is -2.21. The van der Waals surface area contributed by atoms with E-state index in [1.165, 1.54) is 18.5 Å². The van der Waals surface area contributed by atoms with Gasteiger partial charge in [-0.3, -0.25) is 9.78 Å². The van der Waals surface area contributed by atoms with Crippen molar-refractivity contribution in [1.82, 2.24) is 9.88 Å². The zero-order valence-corrected chi connectivity index (χ0v) is 12.4. The predicted molar refractivity (Wildman–Crippen MR) is 79.0 cm³/mol. The Morgan fingerprint density at radius 3 is 2.81 bits per heavy atom. The summed E-state index contributed by atoms with van der Waals surface area (Å²) in [6, 6.07) is 1.52. The topological polar surface area (TPSA) is 79.7 Å². The summed E-state index contributed by atoms with van der Waals surface area (Å²) in [5, 5.41) is 8.70. The third-order valence-electron chi connectivity index (χ3n) is 3.03. The van der Waals surface area contributed by atoms with Crippen LogP contribution in [-0.2, 0) is 9.53 Å². The molecular weight excluding hydrogens is 272 g/mol. The number of hydrogen-bond acceptors (Lipinski definition) is 4. The fourth-order valence-electron chi connectivity index (χ4n) is 2.04. The summed E-state index contributed by atoms with van der Waals surface area (Å²) < 4.78 is 5.08. The summed E-state index contributed by atoms with van der Waals surface area (Å²) >= 11 is 0. The maximum absolute atomic E-state index is 12.6. The van der Waals surface area contributed by atoms with Crippen molar-refractivity contribution in [2.45, 2.75) is 19.9 Å². The molecule has 0 fully saturated rings. The fraction of sp³-hybridized carbons (Fsp3) is 0.400. The van der Waals surface area contributed by atoms with E-state index in [0.29, 0.717) is 24.3 Å². The van der Waals surface area contributed by atoms with Crippen LogP contribution in [0.25, 0.3) is 6.08 Å². The average Bonchev–Trinajstić information content (AvgIpc) is 2.46. The van der Waals surface area contributed by atoms with Gasteiger partial charge in [-0.05, 0) is 26.0 Å². The molecule has 1 aromatic rings. The molecule has 0 aliphatic rings. The van der Waals surface area contributed by atoms with Crippen molar-refractivity contribution in [3.05, 3.63) is 35.7 Å². The number of carbonyl (C=O) groups excluding carboxylic acids is 1. The van der Waals surface area contributed by atoms with Crippen LogP contribution in [0.15, 0.2) is 24.5 Å². The molecule has 6 nitrogen and oxygen atoms in total. The lowest BCUT2D eigenvalue weighted by molar-refractivity contribution is -0.131. The van der Waals surface area contributed by atoms with Crippen LogP contribution in [0.2, 0.25) is 0 Å². The zero-order chi connectivity index (χ0) is 15.8. The van der Waals surface area contributed by atoms with Gasteiger partial charge in [0.15, 0.2) is 0 Å². The lowest BCUT2D eigenvalue weighted by Gasteiger charge is -2.28. The van der Waals surface area contributed by atoms with Crippen LogP contribution >= 0.6 is 0 Å². The van der Waals surface area contributed by atoms with Gasteiger partial charge in [0.05, 0.1) is 12.6 Å². The SMILES string of the molecule is CCN(C(=O)c1ccncc1C=CC(=O)O)C(C)COC. The molecule has 0 bridgehead atoms. The number of hydrogen-bond donors (Lipinski definition) is 1.